The second-order valence-corrected chi connectivity index (χ2v) is 20.2. The molecule has 8 aromatic carbocycles. The van der Waals surface area contributed by atoms with E-state index in [0.29, 0.717) is 89.8 Å². The first-order valence-electron chi connectivity index (χ1n) is 24.8. The van der Waals surface area contributed by atoms with E-state index in [1.54, 1.807) is 79.7 Å². The molecule has 0 amide bonds. The zero-order valence-corrected chi connectivity index (χ0v) is 46.4. The third-order valence-electron chi connectivity index (χ3n) is 13.0. The van der Waals surface area contributed by atoms with Crippen LogP contribution in [0, 0.1) is 74.0 Å². The van der Waals surface area contributed by atoms with E-state index in [2.05, 4.69) is 59.8 Å². The van der Waals surface area contributed by atoms with Crippen LogP contribution in [0.3, 0.4) is 0 Å². The van der Waals surface area contributed by atoms with E-state index in [4.69, 9.17) is 34.8 Å². The molecule has 0 spiro atoms. The van der Waals surface area contributed by atoms with Gasteiger partial charge in [0.1, 0.15) is 27.9 Å². The Hall–Kier alpha value is -10.2. The molecule has 0 radical (unpaired) electrons. The second-order valence-electron chi connectivity index (χ2n) is 18.9. The summed E-state index contributed by atoms with van der Waals surface area (Å²) in [5.41, 5.74) is 10.5. The first kappa shape index (κ1) is 58.4. The highest BCUT2D eigenvalue weighted by Gasteiger charge is 2.26. The zero-order valence-electron chi connectivity index (χ0n) is 44.2. The summed E-state index contributed by atoms with van der Waals surface area (Å²) in [7, 11) is 0. The predicted molar refractivity (Wildman–Crippen MR) is 305 cm³/mol. The lowest BCUT2D eigenvalue weighted by molar-refractivity contribution is -0.384. The number of aryl methyl sites for hydroxylation is 4. The number of fused-ring (bicyclic) bond motifs is 4. The number of hydrogen-bond donors (Lipinski definition) is 0. The summed E-state index contributed by atoms with van der Waals surface area (Å²) >= 11 is 18.1. The van der Waals surface area contributed by atoms with Gasteiger partial charge in [0.2, 0.25) is 22.1 Å². The molecule has 0 saturated carbocycles. The van der Waals surface area contributed by atoms with Crippen molar-refractivity contribution in [3.8, 4) is 0 Å². The molecule has 0 bridgehead atoms. The molecule has 0 atom stereocenters. The summed E-state index contributed by atoms with van der Waals surface area (Å²) in [5.74, 6) is -0.334. The maximum Gasteiger partial charge on any atom is 0.304 e. The van der Waals surface area contributed by atoms with E-state index >= 15 is 0 Å². The molecule has 28 heteroatoms. The Balaban J connectivity index is 0.000000134. The summed E-state index contributed by atoms with van der Waals surface area (Å²) in [6.45, 7) is 7.38. The van der Waals surface area contributed by atoms with Crippen LogP contribution in [0.25, 0.3) is 44.1 Å². The molecule has 0 aliphatic heterocycles. The number of nitrogens with zero attached hydrogens (tertiary/aromatic N) is 12. The maximum atomic E-state index is 13.6. The molecule has 4 heterocycles. The van der Waals surface area contributed by atoms with Gasteiger partial charge >= 0.3 is 22.7 Å². The van der Waals surface area contributed by atoms with Crippen molar-refractivity contribution in [2.75, 3.05) is 0 Å². The minimum absolute atomic E-state index is 0.0682. The Morgan fingerprint density at radius 2 is 0.738 bits per heavy atom. The van der Waals surface area contributed by atoms with Crippen LogP contribution < -0.4 is 0 Å². The smallest absolute Gasteiger partial charge is 0.258 e. The molecule has 84 heavy (non-hydrogen) atoms. The van der Waals surface area contributed by atoms with Gasteiger partial charge in [0.05, 0.1) is 19.7 Å². The van der Waals surface area contributed by atoms with Gasteiger partial charge in [-0.3, -0.25) is 40.5 Å². The molecule has 0 aliphatic carbocycles. The van der Waals surface area contributed by atoms with Crippen molar-refractivity contribution in [1.29, 1.82) is 0 Å². The van der Waals surface area contributed by atoms with Gasteiger partial charge < -0.3 is 0 Å². The van der Waals surface area contributed by atoms with Crippen molar-refractivity contribution in [2.24, 2.45) is 0 Å². The number of aromatic nitrogens is 8. The summed E-state index contributed by atoms with van der Waals surface area (Å²) in [4.78, 5) is 43.3. The largest absolute Gasteiger partial charge is 0.304 e. The Bertz CT molecular complexity index is 4160. The van der Waals surface area contributed by atoms with Gasteiger partial charge in [-0.1, -0.05) is 77.3 Å². The lowest BCUT2D eigenvalue weighted by atomic mass is 10.0. The number of halogens is 4. The number of hydrogen-bond acceptors (Lipinski definition) is 20. The van der Waals surface area contributed by atoms with Gasteiger partial charge in [-0.2, -0.15) is 0 Å². The van der Waals surface area contributed by atoms with Crippen LogP contribution in [0.2, 0.25) is 15.1 Å². The fourth-order valence-electron chi connectivity index (χ4n) is 9.01. The molecule has 12 aromatic rings. The molecular weight excluding hydrogens is 1160 g/mol. The van der Waals surface area contributed by atoms with E-state index in [1.165, 1.54) is 6.07 Å². The van der Waals surface area contributed by atoms with Gasteiger partial charge in [-0.25, -0.2) is 22.9 Å². The average Bonchev–Trinajstić information content (AvgIpc) is 4.04. The van der Waals surface area contributed by atoms with Crippen molar-refractivity contribution in [3.05, 3.63) is 249 Å². The highest BCUT2D eigenvalue weighted by Crippen LogP contribution is 2.34. The lowest BCUT2D eigenvalue weighted by Gasteiger charge is -2.05. The van der Waals surface area contributed by atoms with E-state index < -0.39 is 19.7 Å². The van der Waals surface area contributed by atoms with Crippen LogP contribution in [0.5, 0.6) is 0 Å². The third kappa shape index (κ3) is 13.2. The summed E-state index contributed by atoms with van der Waals surface area (Å²) in [6, 6.07) is 34.7. The molecule has 0 fully saturated rings. The molecule has 424 valence electrons. The maximum absolute atomic E-state index is 13.6. The van der Waals surface area contributed by atoms with Gasteiger partial charge in [0.25, 0.3) is 0 Å². The number of nitro benzene ring substituents is 4. The first-order valence-corrected chi connectivity index (χ1v) is 25.9. The molecule has 0 aliphatic rings. The van der Waals surface area contributed by atoms with Crippen LogP contribution in [0.4, 0.5) is 27.1 Å². The summed E-state index contributed by atoms with van der Waals surface area (Å²) in [6.07, 6.45) is 1.42. The Labute approximate surface area is 486 Å². The Morgan fingerprint density at radius 1 is 0.381 bits per heavy atom. The summed E-state index contributed by atoms with van der Waals surface area (Å²) in [5, 5.41) is 76.1. The van der Waals surface area contributed by atoms with Crippen molar-refractivity contribution in [3.63, 3.8) is 0 Å². The van der Waals surface area contributed by atoms with Gasteiger partial charge in [-0.05, 0) is 192 Å². The van der Waals surface area contributed by atoms with Crippen molar-refractivity contribution >= 4 is 102 Å². The van der Waals surface area contributed by atoms with Crippen molar-refractivity contribution in [1.82, 2.24) is 41.3 Å². The van der Waals surface area contributed by atoms with E-state index in [1.807, 2.05) is 63.2 Å². The van der Waals surface area contributed by atoms with Crippen LogP contribution in [0.1, 0.15) is 66.8 Å². The van der Waals surface area contributed by atoms with Crippen LogP contribution in [-0.4, -0.2) is 60.9 Å². The minimum Gasteiger partial charge on any atom is -0.258 e. The average molecular weight is 1200 g/mol. The standard InChI is InChI=1S/3C14H10ClN3O3.C14H10FN3O3/c1-8-6-9(2-4-11(8)15)7-10-3-5-12-13(17-21-16-12)14(10)18(19)20;1-8-4-9(7-11(15)5-8)6-10-2-3-12-13(17-21-16-12)14(10)18(19)20;2*1-8-2-3-9(7-11(8)15)6-10-4-5-12-13(17-21-16-12)14(10)18(19)20/h2-6H,7H2,1H3;3*2-5,7H,6H2,1H3. The van der Waals surface area contributed by atoms with Crippen LogP contribution in [0.15, 0.2) is 140 Å². The van der Waals surface area contributed by atoms with E-state index in [0.717, 1.165) is 33.4 Å². The molecule has 0 unspecified atom stereocenters. The highest BCUT2D eigenvalue weighted by molar-refractivity contribution is 6.31. The quantitative estimate of drug-likeness (QED) is 0.0810. The van der Waals surface area contributed by atoms with Crippen molar-refractivity contribution in [2.45, 2.75) is 53.4 Å². The molecule has 0 N–H and O–H groups in total. The fourth-order valence-corrected chi connectivity index (χ4v) is 9.64. The Morgan fingerprint density at radius 3 is 1.10 bits per heavy atom. The first-order chi connectivity index (χ1) is 40.2. The normalized spacial score (nSPS) is 11.0. The second kappa shape index (κ2) is 25.3. The molecule has 24 nitrogen and oxygen atoms in total. The topological polar surface area (TPSA) is 328 Å². The number of nitro groups is 4. The number of benzene rings is 8. The van der Waals surface area contributed by atoms with E-state index in [-0.39, 0.29) is 57.1 Å². The number of rotatable bonds is 12. The van der Waals surface area contributed by atoms with Crippen LogP contribution >= 0.6 is 34.8 Å². The molecular formula is C56H40Cl3FN12O12. The van der Waals surface area contributed by atoms with Crippen molar-refractivity contribution < 1.29 is 42.6 Å². The molecule has 4 aromatic heterocycles. The van der Waals surface area contributed by atoms with Gasteiger partial charge in [0, 0.05) is 63.0 Å². The highest BCUT2D eigenvalue weighted by atomic mass is 35.5. The fraction of sp³-hybridized carbons (Fsp3) is 0.143. The zero-order chi connectivity index (χ0) is 59.9. The third-order valence-corrected chi connectivity index (χ3v) is 14.1. The lowest BCUT2D eigenvalue weighted by Crippen LogP contribution is -1.98. The molecule has 12 rings (SSSR count). The minimum atomic E-state index is -0.521. The van der Waals surface area contributed by atoms with Crippen LogP contribution in [-0.2, 0) is 25.7 Å². The summed E-state index contributed by atoms with van der Waals surface area (Å²) < 4.78 is 31.8. The molecule has 0 saturated heterocycles. The van der Waals surface area contributed by atoms with Gasteiger partial charge in [-0.15, -0.1) is 0 Å². The monoisotopic (exact) mass is 1200 g/mol. The van der Waals surface area contributed by atoms with E-state index in [9.17, 15) is 44.8 Å². The SMILES string of the molecule is Cc1cc(Cc2ccc3nonc3c2[N+](=O)[O-])ccc1Cl.Cc1cc(Cl)cc(Cc2ccc3nonc3c2[N+](=O)[O-])c1.Cc1ccc(Cc2ccc3nonc3c2[N+](=O)[O-])cc1Cl.Cc1ccc(Cc2ccc3nonc3c2[N+](=O)[O-])cc1F. The van der Waals surface area contributed by atoms with Gasteiger partial charge in [0.15, 0.2) is 0 Å². The Kier molecular flexibility index (Phi) is 17.6. The predicted octanol–water partition coefficient (Wildman–Crippen LogP) is 14.2.